The third kappa shape index (κ3) is 6.64. The molecule has 1 aromatic carbocycles. The fourth-order valence-corrected chi connectivity index (χ4v) is 3.39. The predicted octanol–water partition coefficient (Wildman–Crippen LogP) is 1.36. The minimum absolute atomic E-state index is 0.0175. The van der Waals surface area contributed by atoms with Gasteiger partial charge in [-0.15, -0.1) is 11.3 Å². The van der Waals surface area contributed by atoms with Crippen LogP contribution in [0.15, 0.2) is 41.8 Å². The third-order valence-electron chi connectivity index (χ3n) is 4.15. The summed E-state index contributed by atoms with van der Waals surface area (Å²) < 4.78 is 4.81. The first-order chi connectivity index (χ1) is 15.0. The number of ether oxygens (including phenoxy) is 1. The van der Waals surface area contributed by atoms with Crippen LogP contribution in [0.3, 0.4) is 0 Å². The molecule has 0 spiro atoms. The Bertz CT molecular complexity index is 1060. The van der Waals surface area contributed by atoms with E-state index in [1.165, 1.54) is 0 Å². The molecule has 0 saturated carbocycles. The van der Waals surface area contributed by atoms with Gasteiger partial charge < -0.3 is 15.4 Å². The number of para-hydroxylation sites is 1. The summed E-state index contributed by atoms with van der Waals surface area (Å²) >= 11 is 1.58. The average molecular weight is 443 g/mol. The number of thiophene rings is 1. The van der Waals surface area contributed by atoms with Crippen LogP contribution in [-0.2, 0) is 20.7 Å². The topological polar surface area (TPSA) is 142 Å². The number of H-pyrrole nitrogens is 1. The van der Waals surface area contributed by atoms with Gasteiger partial charge in [-0.1, -0.05) is 24.3 Å². The van der Waals surface area contributed by atoms with E-state index in [-0.39, 0.29) is 18.7 Å². The number of nitrogens with zero attached hydrogens (tertiary/aromatic N) is 1. The molecule has 31 heavy (non-hydrogen) atoms. The number of esters is 1. The summed E-state index contributed by atoms with van der Waals surface area (Å²) in [4.78, 5) is 48.4. The van der Waals surface area contributed by atoms with E-state index >= 15 is 0 Å². The molecular weight excluding hydrogens is 422 g/mol. The second kappa shape index (κ2) is 10.9. The van der Waals surface area contributed by atoms with Crippen LogP contribution in [0.5, 0.6) is 0 Å². The quantitative estimate of drug-likeness (QED) is 0.368. The van der Waals surface area contributed by atoms with Gasteiger partial charge in [0, 0.05) is 23.4 Å². The predicted molar refractivity (Wildman–Crippen MR) is 114 cm³/mol. The lowest BCUT2D eigenvalue weighted by Crippen LogP contribution is -2.42. The van der Waals surface area contributed by atoms with E-state index in [4.69, 9.17) is 4.74 Å². The smallest absolute Gasteiger partial charge is 0.321 e. The molecule has 10 nitrogen and oxygen atoms in total. The number of nitrogens with one attached hydrogen (secondary N) is 4. The van der Waals surface area contributed by atoms with Crippen LogP contribution in [0.25, 0.3) is 10.9 Å². The Morgan fingerprint density at radius 1 is 1.03 bits per heavy atom. The molecule has 4 N–H and O–H groups in total. The number of carbonyl (C=O) groups is 4. The van der Waals surface area contributed by atoms with Crippen molar-refractivity contribution in [2.45, 2.75) is 12.8 Å². The number of benzene rings is 1. The Labute approximate surface area is 181 Å². The van der Waals surface area contributed by atoms with Crippen LogP contribution in [0.4, 0.5) is 4.79 Å². The SMILES string of the molecule is O=C(COC(=O)CCNC(=O)c1n[nH]c2ccccc12)NC(=O)NCCc1cccs1. The molecule has 4 amide bonds. The Balaban J connectivity index is 1.29. The lowest BCUT2D eigenvalue weighted by atomic mass is 10.2. The van der Waals surface area contributed by atoms with E-state index in [1.54, 1.807) is 29.5 Å². The standard InChI is InChI=1S/C20H21N5O5S/c26-16(23-20(29)22-9-7-13-4-3-11-31-13)12-30-17(27)8-10-21-19(28)18-14-5-1-2-6-15(14)24-25-18/h1-6,11H,7-10,12H2,(H,21,28)(H,24,25)(H2,22,23,26,29). The van der Waals surface area contributed by atoms with Gasteiger partial charge in [-0.25, -0.2) is 4.79 Å². The van der Waals surface area contributed by atoms with Crippen LogP contribution in [0.1, 0.15) is 21.8 Å². The number of hydrogen-bond donors (Lipinski definition) is 4. The van der Waals surface area contributed by atoms with E-state index in [0.717, 1.165) is 10.4 Å². The van der Waals surface area contributed by atoms with Gasteiger partial charge in [0.25, 0.3) is 11.8 Å². The second-order valence-electron chi connectivity index (χ2n) is 6.42. The van der Waals surface area contributed by atoms with Crippen molar-refractivity contribution in [2.75, 3.05) is 19.7 Å². The molecule has 0 saturated heterocycles. The number of imide groups is 1. The fourth-order valence-electron chi connectivity index (χ4n) is 2.68. The highest BCUT2D eigenvalue weighted by Gasteiger charge is 2.15. The summed E-state index contributed by atoms with van der Waals surface area (Å²) in [6, 6.07) is 10.4. The Morgan fingerprint density at radius 3 is 2.68 bits per heavy atom. The Kier molecular flexibility index (Phi) is 7.71. The van der Waals surface area contributed by atoms with Crippen molar-refractivity contribution in [1.82, 2.24) is 26.1 Å². The van der Waals surface area contributed by atoms with Gasteiger partial charge in [0.2, 0.25) is 0 Å². The average Bonchev–Trinajstić information content (AvgIpc) is 3.42. The summed E-state index contributed by atoms with van der Waals surface area (Å²) in [6.45, 7) is -0.191. The van der Waals surface area contributed by atoms with Crippen LogP contribution in [0, 0.1) is 0 Å². The number of rotatable bonds is 9. The number of carbonyl (C=O) groups excluding carboxylic acids is 4. The summed E-state index contributed by atoms with van der Waals surface area (Å²) in [5.41, 5.74) is 0.960. The number of aromatic amines is 1. The number of urea groups is 1. The summed E-state index contributed by atoms with van der Waals surface area (Å²) in [5, 5.41) is 16.6. The molecule has 3 rings (SSSR count). The van der Waals surface area contributed by atoms with Gasteiger partial charge in [0.15, 0.2) is 12.3 Å². The molecule has 0 aliphatic heterocycles. The van der Waals surface area contributed by atoms with Gasteiger partial charge in [0.1, 0.15) is 0 Å². The van der Waals surface area contributed by atoms with Crippen molar-refractivity contribution < 1.29 is 23.9 Å². The van der Waals surface area contributed by atoms with Crippen LogP contribution >= 0.6 is 11.3 Å². The van der Waals surface area contributed by atoms with E-state index in [9.17, 15) is 19.2 Å². The van der Waals surface area contributed by atoms with E-state index < -0.39 is 30.4 Å². The number of fused-ring (bicyclic) bond motifs is 1. The van der Waals surface area contributed by atoms with Gasteiger partial charge in [-0.2, -0.15) is 5.10 Å². The zero-order chi connectivity index (χ0) is 22.1. The molecule has 2 heterocycles. The molecule has 3 aromatic rings. The minimum Gasteiger partial charge on any atom is -0.456 e. The highest BCUT2D eigenvalue weighted by molar-refractivity contribution is 7.09. The number of amides is 4. The molecule has 0 bridgehead atoms. The maximum atomic E-state index is 12.2. The van der Waals surface area contributed by atoms with Gasteiger partial charge in [0.05, 0.1) is 11.9 Å². The van der Waals surface area contributed by atoms with E-state index in [1.807, 2.05) is 23.6 Å². The van der Waals surface area contributed by atoms with Crippen molar-refractivity contribution >= 4 is 46.1 Å². The largest absolute Gasteiger partial charge is 0.456 e. The zero-order valence-electron chi connectivity index (χ0n) is 16.5. The molecule has 0 fully saturated rings. The second-order valence-corrected chi connectivity index (χ2v) is 7.45. The normalized spacial score (nSPS) is 10.5. The monoisotopic (exact) mass is 443 g/mol. The summed E-state index contributed by atoms with van der Waals surface area (Å²) in [6.07, 6.45) is 0.530. The molecule has 0 unspecified atom stereocenters. The van der Waals surface area contributed by atoms with Crippen molar-refractivity contribution in [3.8, 4) is 0 Å². The van der Waals surface area contributed by atoms with Gasteiger partial charge >= 0.3 is 12.0 Å². The van der Waals surface area contributed by atoms with Crippen molar-refractivity contribution in [1.29, 1.82) is 0 Å². The van der Waals surface area contributed by atoms with E-state index in [2.05, 4.69) is 26.1 Å². The summed E-state index contributed by atoms with van der Waals surface area (Å²) in [7, 11) is 0. The lowest BCUT2D eigenvalue weighted by Gasteiger charge is -2.07. The highest BCUT2D eigenvalue weighted by atomic mass is 32.1. The molecule has 11 heteroatoms. The Morgan fingerprint density at radius 2 is 1.87 bits per heavy atom. The molecule has 2 aromatic heterocycles. The van der Waals surface area contributed by atoms with Gasteiger partial charge in [-0.3, -0.25) is 24.8 Å². The number of hydrogen-bond acceptors (Lipinski definition) is 7. The van der Waals surface area contributed by atoms with Crippen molar-refractivity contribution in [2.24, 2.45) is 0 Å². The molecule has 0 radical (unpaired) electrons. The van der Waals surface area contributed by atoms with Crippen molar-refractivity contribution in [3.05, 3.63) is 52.3 Å². The lowest BCUT2D eigenvalue weighted by molar-refractivity contribution is -0.148. The van der Waals surface area contributed by atoms with Gasteiger partial charge in [-0.05, 0) is 23.9 Å². The number of aromatic nitrogens is 2. The van der Waals surface area contributed by atoms with Crippen molar-refractivity contribution in [3.63, 3.8) is 0 Å². The van der Waals surface area contributed by atoms with E-state index in [0.29, 0.717) is 18.4 Å². The van der Waals surface area contributed by atoms with Crippen LogP contribution in [-0.4, -0.2) is 53.7 Å². The summed E-state index contributed by atoms with van der Waals surface area (Å²) in [5.74, 6) is -1.85. The molecule has 0 aliphatic carbocycles. The maximum absolute atomic E-state index is 12.2. The first-order valence-electron chi connectivity index (χ1n) is 9.50. The highest BCUT2D eigenvalue weighted by Crippen LogP contribution is 2.14. The molecule has 162 valence electrons. The third-order valence-corrected chi connectivity index (χ3v) is 5.09. The first kappa shape index (κ1) is 22.0. The molecular formula is C20H21N5O5S. The maximum Gasteiger partial charge on any atom is 0.321 e. The molecule has 0 aliphatic rings. The fraction of sp³-hybridized carbons (Fsp3) is 0.250. The minimum atomic E-state index is -0.742. The van der Waals surface area contributed by atoms with Crippen LogP contribution in [0.2, 0.25) is 0 Å². The first-order valence-corrected chi connectivity index (χ1v) is 10.4. The zero-order valence-corrected chi connectivity index (χ0v) is 17.3. The molecule has 0 atom stereocenters. The van der Waals surface area contributed by atoms with Crippen LogP contribution < -0.4 is 16.0 Å². The Hall–Kier alpha value is -3.73.